The molecule has 1 saturated heterocycles. The zero-order valence-electron chi connectivity index (χ0n) is 15.9. The van der Waals surface area contributed by atoms with E-state index in [-0.39, 0.29) is 12.0 Å². The zero-order valence-corrected chi connectivity index (χ0v) is 15.9. The first kappa shape index (κ1) is 19.2. The minimum absolute atomic E-state index is 0.127. The maximum atomic E-state index is 12.4. The van der Waals surface area contributed by atoms with Crippen LogP contribution in [0.4, 0.5) is 0 Å². The topological polar surface area (TPSA) is 81.5 Å². The summed E-state index contributed by atoms with van der Waals surface area (Å²) in [4.78, 5) is 14.7. The molecule has 1 N–H and O–H groups in total. The molecule has 0 atom stereocenters. The Morgan fingerprint density at radius 3 is 2.81 bits per heavy atom. The molecule has 0 bridgehead atoms. The third-order valence-corrected chi connectivity index (χ3v) is 4.71. The average Bonchev–Trinajstić information content (AvgIpc) is 3.20. The number of nitrogens with one attached hydrogen (secondary N) is 1. The van der Waals surface area contributed by atoms with Crippen LogP contribution in [0.5, 0.6) is 11.5 Å². The molecule has 2 aromatic rings. The summed E-state index contributed by atoms with van der Waals surface area (Å²) < 4.78 is 13.3. The molecule has 0 aliphatic carbocycles. The predicted molar refractivity (Wildman–Crippen MR) is 101 cm³/mol. The number of rotatable bonds is 8. The molecule has 2 heterocycles. The molecule has 146 valence electrons. The van der Waals surface area contributed by atoms with E-state index in [0.717, 1.165) is 32.4 Å². The third-order valence-electron chi connectivity index (χ3n) is 4.71. The predicted octanol–water partition coefficient (Wildman–Crippen LogP) is 1.58. The van der Waals surface area contributed by atoms with Crippen LogP contribution in [0.15, 0.2) is 30.6 Å². The first-order valence-electron chi connectivity index (χ1n) is 9.31. The fourth-order valence-electron chi connectivity index (χ4n) is 3.09. The van der Waals surface area contributed by atoms with Gasteiger partial charge in [-0.05, 0) is 44.5 Å². The Labute approximate surface area is 159 Å². The van der Waals surface area contributed by atoms with Gasteiger partial charge in [-0.25, -0.2) is 0 Å². The number of aryl methyl sites for hydroxylation is 1. The van der Waals surface area contributed by atoms with Gasteiger partial charge in [0.25, 0.3) is 5.91 Å². The molecule has 0 saturated carbocycles. The van der Waals surface area contributed by atoms with Gasteiger partial charge in [0.05, 0.1) is 13.3 Å². The lowest BCUT2D eigenvalue weighted by molar-refractivity contribution is 0.0951. The molecule has 0 radical (unpaired) electrons. The van der Waals surface area contributed by atoms with E-state index in [4.69, 9.17) is 9.47 Å². The Balaban J connectivity index is 1.52. The molecule has 8 nitrogen and oxygen atoms in total. The molecule has 1 aliphatic rings. The molecule has 0 spiro atoms. The molecule has 1 aromatic heterocycles. The van der Waals surface area contributed by atoms with Crippen LogP contribution in [0.3, 0.4) is 0 Å². The van der Waals surface area contributed by atoms with Gasteiger partial charge in [0.2, 0.25) is 0 Å². The van der Waals surface area contributed by atoms with E-state index in [0.29, 0.717) is 30.2 Å². The maximum absolute atomic E-state index is 12.4. The third kappa shape index (κ3) is 5.43. The van der Waals surface area contributed by atoms with Crippen molar-refractivity contribution in [3.8, 4) is 11.5 Å². The van der Waals surface area contributed by atoms with Crippen molar-refractivity contribution in [1.82, 2.24) is 25.2 Å². The molecule has 3 rings (SSSR count). The summed E-state index contributed by atoms with van der Waals surface area (Å²) in [6.07, 6.45) is 6.40. The van der Waals surface area contributed by atoms with E-state index in [1.54, 1.807) is 36.3 Å². The summed E-state index contributed by atoms with van der Waals surface area (Å²) in [7, 11) is 3.72. The second-order valence-electron chi connectivity index (χ2n) is 6.76. The van der Waals surface area contributed by atoms with Gasteiger partial charge in [0.15, 0.2) is 11.5 Å². The number of amides is 1. The Kier molecular flexibility index (Phi) is 6.64. The van der Waals surface area contributed by atoms with Crippen molar-refractivity contribution in [2.75, 3.05) is 33.8 Å². The van der Waals surface area contributed by atoms with Gasteiger partial charge >= 0.3 is 0 Å². The second kappa shape index (κ2) is 9.36. The van der Waals surface area contributed by atoms with Gasteiger partial charge in [-0.15, -0.1) is 5.10 Å². The number of hydrogen-bond acceptors (Lipinski definition) is 6. The van der Waals surface area contributed by atoms with Gasteiger partial charge in [-0.1, -0.05) is 5.21 Å². The minimum atomic E-state index is -0.127. The van der Waals surface area contributed by atoms with Crippen LogP contribution in [-0.2, 0) is 6.54 Å². The lowest BCUT2D eigenvalue weighted by atomic mass is 10.1. The fourth-order valence-corrected chi connectivity index (χ4v) is 3.09. The van der Waals surface area contributed by atoms with Gasteiger partial charge in [0, 0.05) is 37.9 Å². The van der Waals surface area contributed by atoms with E-state index >= 15 is 0 Å². The first-order valence-corrected chi connectivity index (χ1v) is 9.31. The lowest BCUT2D eigenvalue weighted by Crippen LogP contribution is -2.35. The maximum Gasteiger partial charge on any atom is 0.251 e. The number of methoxy groups -OCH3 is 1. The van der Waals surface area contributed by atoms with Crippen LogP contribution in [0.1, 0.15) is 29.6 Å². The van der Waals surface area contributed by atoms with Crippen molar-refractivity contribution in [3.05, 3.63) is 36.2 Å². The van der Waals surface area contributed by atoms with Crippen molar-refractivity contribution < 1.29 is 14.3 Å². The number of benzene rings is 1. The summed E-state index contributed by atoms with van der Waals surface area (Å²) in [6.45, 7) is 3.34. The summed E-state index contributed by atoms with van der Waals surface area (Å²) in [5, 5.41) is 10.6. The van der Waals surface area contributed by atoms with E-state index in [1.165, 1.54) is 0 Å². The smallest absolute Gasteiger partial charge is 0.251 e. The molecule has 27 heavy (non-hydrogen) atoms. The zero-order chi connectivity index (χ0) is 19.1. The average molecular weight is 373 g/mol. The van der Waals surface area contributed by atoms with E-state index in [1.807, 2.05) is 6.07 Å². The van der Waals surface area contributed by atoms with E-state index in [9.17, 15) is 4.79 Å². The largest absolute Gasteiger partial charge is 0.493 e. The van der Waals surface area contributed by atoms with Crippen molar-refractivity contribution in [2.24, 2.45) is 0 Å². The summed E-state index contributed by atoms with van der Waals surface area (Å²) >= 11 is 0. The number of piperidine rings is 1. The highest BCUT2D eigenvalue weighted by molar-refractivity contribution is 5.94. The van der Waals surface area contributed by atoms with E-state index in [2.05, 4.69) is 27.6 Å². The lowest BCUT2D eigenvalue weighted by Gasteiger charge is -2.29. The number of ether oxygens (including phenoxy) is 2. The SMILES string of the molecule is COc1cc(C(=O)NCCCn2ccnn2)ccc1OC1CCN(C)CC1. The standard InChI is InChI=1S/C19H27N5O3/c1-23-11-6-16(7-12-23)27-17-5-4-15(14-18(17)26-2)19(25)20-8-3-10-24-13-9-21-22-24/h4-5,9,13-14,16H,3,6-8,10-12H2,1-2H3,(H,20,25). The number of aromatic nitrogens is 3. The Morgan fingerprint density at radius 1 is 1.30 bits per heavy atom. The number of nitrogens with zero attached hydrogens (tertiary/aromatic N) is 4. The number of likely N-dealkylation sites (tertiary alicyclic amines) is 1. The van der Waals surface area contributed by atoms with Gasteiger partial charge in [0.1, 0.15) is 6.10 Å². The van der Waals surface area contributed by atoms with Gasteiger partial charge in [-0.3, -0.25) is 9.48 Å². The number of carbonyl (C=O) groups excluding carboxylic acids is 1. The second-order valence-corrected chi connectivity index (χ2v) is 6.76. The molecule has 8 heteroatoms. The summed E-state index contributed by atoms with van der Waals surface area (Å²) in [5.41, 5.74) is 0.559. The van der Waals surface area contributed by atoms with Crippen molar-refractivity contribution in [1.29, 1.82) is 0 Å². The molecule has 1 aliphatic heterocycles. The Morgan fingerprint density at radius 2 is 2.11 bits per heavy atom. The van der Waals surface area contributed by atoms with Crippen LogP contribution < -0.4 is 14.8 Å². The highest BCUT2D eigenvalue weighted by atomic mass is 16.5. The van der Waals surface area contributed by atoms with Crippen molar-refractivity contribution in [2.45, 2.75) is 31.9 Å². The highest BCUT2D eigenvalue weighted by Gasteiger charge is 2.20. The van der Waals surface area contributed by atoms with Crippen LogP contribution in [-0.4, -0.2) is 65.7 Å². The van der Waals surface area contributed by atoms with Crippen LogP contribution in [0, 0.1) is 0 Å². The van der Waals surface area contributed by atoms with Crippen LogP contribution >= 0.6 is 0 Å². The number of carbonyl (C=O) groups is 1. The molecule has 0 unspecified atom stereocenters. The normalized spacial score (nSPS) is 15.5. The monoisotopic (exact) mass is 373 g/mol. The Bertz CT molecular complexity index is 727. The molecule has 1 fully saturated rings. The van der Waals surface area contributed by atoms with Crippen molar-refractivity contribution >= 4 is 5.91 Å². The molecular weight excluding hydrogens is 346 g/mol. The summed E-state index contributed by atoms with van der Waals surface area (Å²) in [5.74, 6) is 1.15. The minimum Gasteiger partial charge on any atom is -0.493 e. The van der Waals surface area contributed by atoms with Crippen LogP contribution in [0.2, 0.25) is 0 Å². The summed E-state index contributed by atoms with van der Waals surface area (Å²) in [6, 6.07) is 5.33. The molecule has 1 aromatic carbocycles. The molecular formula is C19H27N5O3. The molecule has 1 amide bonds. The van der Waals surface area contributed by atoms with E-state index < -0.39 is 0 Å². The van der Waals surface area contributed by atoms with Gasteiger partial charge < -0.3 is 19.7 Å². The quantitative estimate of drug-likeness (QED) is 0.708. The van der Waals surface area contributed by atoms with Gasteiger partial charge in [-0.2, -0.15) is 0 Å². The number of hydrogen-bond donors (Lipinski definition) is 1. The van der Waals surface area contributed by atoms with Crippen molar-refractivity contribution in [3.63, 3.8) is 0 Å². The van der Waals surface area contributed by atoms with Crippen LogP contribution in [0.25, 0.3) is 0 Å². The first-order chi connectivity index (χ1) is 13.2. The fraction of sp³-hybridized carbons (Fsp3) is 0.526. The highest BCUT2D eigenvalue weighted by Crippen LogP contribution is 2.30. The Hall–Kier alpha value is -2.61.